The molecular weight excluding hydrogens is 264 g/mol. The van der Waals surface area contributed by atoms with Gasteiger partial charge in [-0.3, -0.25) is 10.1 Å². The van der Waals surface area contributed by atoms with Crippen LogP contribution in [0.5, 0.6) is 0 Å². The van der Waals surface area contributed by atoms with E-state index in [2.05, 4.69) is 29.0 Å². The van der Waals surface area contributed by atoms with E-state index in [1.165, 1.54) is 6.07 Å². The number of hydrogen-bond acceptors (Lipinski definition) is 6. The van der Waals surface area contributed by atoms with E-state index in [1.54, 1.807) is 13.1 Å². The first kappa shape index (κ1) is 13.9. The molecule has 19 heavy (non-hydrogen) atoms. The molecule has 0 unspecified atom stereocenters. The van der Waals surface area contributed by atoms with Crippen molar-refractivity contribution < 1.29 is 4.92 Å². The normalized spacial score (nSPS) is 18.2. The third-order valence-electron chi connectivity index (χ3n) is 3.01. The van der Waals surface area contributed by atoms with Crippen LogP contribution in [0.1, 0.15) is 13.8 Å². The van der Waals surface area contributed by atoms with Crippen LogP contribution in [0.2, 0.25) is 0 Å². The van der Waals surface area contributed by atoms with E-state index in [0.29, 0.717) is 11.6 Å². The van der Waals surface area contributed by atoms with Crippen LogP contribution in [0.15, 0.2) is 12.1 Å². The fraction of sp³-hybridized carbons (Fsp3) is 0.583. The molecule has 1 aliphatic heterocycles. The minimum absolute atomic E-state index is 0.0744. The first-order chi connectivity index (χ1) is 8.91. The molecule has 0 amide bonds. The standard InChI is InChI=1S/C12H18N4O2S/c1-12(2)8-15(4-5-19-12)11-7-9(16(17)18)6-10(13-3)14-11/h6-7H,4-5,8H2,1-3H3,(H,13,14). The van der Waals surface area contributed by atoms with Crippen LogP contribution in [0, 0.1) is 10.1 Å². The van der Waals surface area contributed by atoms with E-state index in [0.717, 1.165) is 18.8 Å². The molecule has 1 N–H and O–H groups in total. The van der Waals surface area contributed by atoms with Gasteiger partial charge in [0.1, 0.15) is 11.6 Å². The maximum Gasteiger partial charge on any atom is 0.276 e. The zero-order chi connectivity index (χ0) is 14.0. The fourth-order valence-electron chi connectivity index (χ4n) is 2.11. The maximum atomic E-state index is 11.0. The van der Waals surface area contributed by atoms with Gasteiger partial charge in [-0.15, -0.1) is 0 Å². The molecule has 1 aliphatic rings. The molecule has 0 saturated carbocycles. The van der Waals surface area contributed by atoms with E-state index >= 15 is 0 Å². The maximum absolute atomic E-state index is 11.0. The number of thioether (sulfide) groups is 1. The van der Waals surface area contributed by atoms with Gasteiger partial charge in [-0.2, -0.15) is 11.8 Å². The van der Waals surface area contributed by atoms with Gasteiger partial charge in [0.25, 0.3) is 5.69 Å². The lowest BCUT2D eigenvalue weighted by molar-refractivity contribution is -0.384. The average Bonchev–Trinajstić information content (AvgIpc) is 2.37. The Balaban J connectivity index is 2.33. The summed E-state index contributed by atoms with van der Waals surface area (Å²) in [6.07, 6.45) is 0. The second kappa shape index (κ2) is 5.24. The molecule has 1 saturated heterocycles. The Morgan fingerprint density at radius 1 is 1.53 bits per heavy atom. The summed E-state index contributed by atoms with van der Waals surface area (Å²) in [5, 5.41) is 13.8. The van der Waals surface area contributed by atoms with Crippen LogP contribution in [-0.2, 0) is 0 Å². The fourth-order valence-corrected chi connectivity index (χ4v) is 3.22. The predicted molar refractivity (Wildman–Crippen MR) is 79.2 cm³/mol. The van der Waals surface area contributed by atoms with Gasteiger partial charge in [-0.05, 0) is 13.8 Å². The summed E-state index contributed by atoms with van der Waals surface area (Å²) in [7, 11) is 1.71. The van der Waals surface area contributed by atoms with Gasteiger partial charge in [0, 0.05) is 30.6 Å². The first-order valence-electron chi connectivity index (χ1n) is 6.14. The van der Waals surface area contributed by atoms with Crippen molar-refractivity contribution in [3.05, 3.63) is 22.2 Å². The van der Waals surface area contributed by atoms with Gasteiger partial charge in [-0.25, -0.2) is 4.98 Å². The van der Waals surface area contributed by atoms with Crippen molar-refractivity contribution in [2.75, 3.05) is 36.1 Å². The molecule has 1 fully saturated rings. The molecule has 0 radical (unpaired) electrons. The van der Waals surface area contributed by atoms with Crippen molar-refractivity contribution in [2.45, 2.75) is 18.6 Å². The number of rotatable bonds is 3. The smallest absolute Gasteiger partial charge is 0.276 e. The zero-order valence-electron chi connectivity index (χ0n) is 11.3. The van der Waals surface area contributed by atoms with Crippen LogP contribution in [-0.4, -0.2) is 40.5 Å². The lowest BCUT2D eigenvalue weighted by Crippen LogP contribution is -2.43. The van der Waals surface area contributed by atoms with Crippen molar-refractivity contribution in [3.63, 3.8) is 0 Å². The minimum Gasteiger partial charge on any atom is -0.373 e. The molecule has 7 heteroatoms. The molecule has 0 aromatic carbocycles. The van der Waals surface area contributed by atoms with E-state index < -0.39 is 0 Å². The summed E-state index contributed by atoms with van der Waals surface area (Å²) in [5.41, 5.74) is 0.0744. The van der Waals surface area contributed by atoms with Crippen LogP contribution < -0.4 is 10.2 Å². The molecular formula is C12H18N4O2S. The van der Waals surface area contributed by atoms with E-state index in [-0.39, 0.29) is 15.4 Å². The Hall–Kier alpha value is -1.50. The molecule has 104 valence electrons. The largest absolute Gasteiger partial charge is 0.373 e. The number of pyridine rings is 1. The highest BCUT2D eigenvalue weighted by Gasteiger charge is 2.28. The second-order valence-electron chi connectivity index (χ2n) is 5.11. The average molecular weight is 282 g/mol. The highest BCUT2D eigenvalue weighted by molar-refractivity contribution is 8.00. The summed E-state index contributed by atoms with van der Waals surface area (Å²) >= 11 is 1.92. The van der Waals surface area contributed by atoms with Gasteiger partial charge >= 0.3 is 0 Å². The Kier molecular flexibility index (Phi) is 3.84. The van der Waals surface area contributed by atoms with E-state index in [1.807, 2.05) is 11.8 Å². The highest BCUT2D eigenvalue weighted by atomic mass is 32.2. The lowest BCUT2D eigenvalue weighted by Gasteiger charge is -2.38. The third-order valence-corrected chi connectivity index (χ3v) is 4.31. The Bertz CT molecular complexity index is 493. The Morgan fingerprint density at radius 2 is 2.26 bits per heavy atom. The Morgan fingerprint density at radius 3 is 2.84 bits per heavy atom. The molecule has 0 atom stereocenters. The zero-order valence-corrected chi connectivity index (χ0v) is 12.2. The highest BCUT2D eigenvalue weighted by Crippen LogP contribution is 2.33. The topological polar surface area (TPSA) is 71.3 Å². The van der Waals surface area contributed by atoms with Crippen molar-refractivity contribution in [3.8, 4) is 0 Å². The van der Waals surface area contributed by atoms with Crippen LogP contribution in [0.4, 0.5) is 17.3 Å². The number of hydrogen-bond donors (Lipinski definition) is 1. The van der Waals surface area contributed by atoms with Crippen molar-refractivity contribution in [2.24, 2.45) is 0 Å². The third kappa shape index (κ3) is 3.28. The molecule has 2 heterocycles. The van der Waals surface area contributed by atoms with E-state index in [4.69, 9.17) is 0 Å². The molecule has 1 aromatic heterocycles. The summed E-state index contributed by atoms with van der Waals surface area (Å²) in [5.74, 6) is 2.21. The van der Waals surface area contributed by atoms with Gasteiger partial charge in [0.05, 0.1) is 17.1 Å². The molecule has 2 rings (SSSR count). The number of nitrogens with zero attached hydrogens (tertiary/aromatic N) is 3. The van der Waals surface area contributed by atoms with Gasteiger partial charge in [0.15, 0.2) is 0 Å². The Labute approximate surface area is 116 Å². The monoisotopic (exact) mass is 282 g/mol. The molecule has 0 spiro atoms. The van der Waals surface area contributed by atoms with Crippen molar-refractivity contribution >= 4 is 29.1 Å². The minimum atomic E-state index is -0.379. The molecule has 6 nitrogen and oxygen atoms in total. The molecule has 0 aliphatic carbocycles. The van der Waals surface area contributed by atoms with Crippen molar-refractivity contribution in [1.82, 2.24) is 4.98 Å². The van der Waals surface area contributed by atoms with Crippen LogP contribution in [0.3, 0.4) is 0 Å². The number of aromatic nitrogens is 1. The van der Waals surface area contributed by atoms with Crippen LogP contribution >= 0.6 is 11.8 Å². The predicted octanol–water partition coefficient (Wildman–Crippen LogP) is 2.36. The van der Waals surface area contributed by atoms with Gasteiger partial charge in [-0.1, -0.05) is 0 Å². The van der Waals surface area contributed by atoms with E-state index in [9.17, 15) is 10.1 Å². The number of anilines is 2. The summed E-state index contributed by atoms with van der Waals surface area (Å²) < 4.78 is 0.143. The second-order valence-corrected chi connectivity index (χ2v) is 6.91. The number of nitro groups is 1. The summed E-state index contributed by atoms with van der Waals surface area (Å²) in [6, 6.07) is 3.00. The quantitative estimate of drug-likeness (QED) is 0.678. The lowest BCUT2D eigenvalue weighted by atomic mass is 10.2. The van der Waals surface area contributed by atoms with Gasteiger partial charge in [0.2, 0.25) is 0 Å². The van der Waals surface area contributed by atoms with Crippen LogP contribution in [0.25, 0.3) is 0 Å². The SMILES string of the molecule is CNc1cc([N+](=O)[O-])cc(N2CCSC(C)(C)C2)n1. The van der Waals surface area contributed by atoms with Crippen molar-refractivity contribution in [1.29, 1.82) is 0 Å². The molecule has 0 bridgehead atoms. The number of nitrogens with one attached hydrogen (secondary N) is 1. The summed E-state index contributed by atoms with van der Waals surface area (Å²) in [4.78, 5) is 17.1. The summed E-state index contributed by atoms with van der Waals surface area (Å²) in [6.45, 7) is 6.07. The molecule has 1 aromatic rings. The first-order valence-corrected chi connectivity index (χ1v) is 7.13. The van der Waals surface area contributed by atoms with Gasteiger partial charge < -0.3 is 10.2 Å².